The molecule has 0 aliphatic rings. The fourth-order valence-electron chi connectivity index (χ4n) is 2.66. The number of hydrogen-bond donors (Lipinski definition) is 1. The molecule has 0 bridgehead atoms. The van der Waals surface area contributed by atoms with Crippen molar-refractivity contribution >= 4 is 16.5 Å². The van der Waals surface area contributed by atoms with Gasteiger partial charge < -0.3 is 10.5 Å². The SMILES string of the molecule is CCCCCCCCCOc1ccc(N)c2ccccc12. The summed E-state index contributed by atoms with van der Waals surface area (Å²) >= 11 is 0. The second kappa shape index (κ2) is 8.56. The van der Waals surface area contributed by atoms with Crippen LogP contribution in [0.5, 0.6) is 5.75 Å². The molecular formula is C19H27NO. The van der Waals surface area contributed by atoms with Crippen molar-refractivity contribution in [2.75, 3.05) is 12.3 Å². The molecular weight excluding hydrogens is 258 g/mol. The maximum absolute atomic E-state index is 6.00. The lowest BCUT2D eigenvalue weighted by Crippen LogP contribution is -1.99. The van der Waals surface area contributed by atoms with Gasteiger partial charge in [-0.2, -0.15) is 0 Å². The number of benzene rings is 2. The average Bonchev–Trinajstić information content (AvgIpc) is 2.52. The first-order valence-corrected chi connectivity index (χ1v) is 8.23. The number of hydrogen-bond acceptors (Lipinski definition) is 2. The molecule has 0 aromatic heterocycles. The summed E-state index contributed by atoms with van der Waals surface area (Å²) in [6, 6.07) is 12.1. The molecule has 0 spiro atoms. The van der Waals surface area contributed by atoms with Crippen molar-refractivity contribution in [2.24, 2.45) is 0 Å². The van der Waals surface area contributed by atoms with Crippen LogP contribution in [0.3, 0.4) is 0 Å². The fourth-order valence-corrected chi connectivity index (χ4v) is 2.66. The molecule has 2 heteroatoms. The highest BCUT2D eigenvalue weighted by atomic mass is 16.5. The van der Waals surface area contributed by atoms with E-state index in [4.69, 9.17) is 10.5 Å². The largest absolute Gasteiger partial charge is 0.493 e. The fraction of sp³-hybridized carbons (Fsp3) is 0.474. The molecule has 2 aromatic rings. The molecule has 0 saturated heterocycles. The molecule has 2 nitrogen and oxygen atoms in total. The van der Waals surface area contributed by atoms with Crippen LogP contribution >= 0.6 is 0 Å². The Morgan fingerprint density at radius 3 is 2.24 bits per heavy atom. The third kappa shape index (κ3) is 4.66. The maximum Gasteiger partial charge on any atom is 0.127 e. The van der Waals surface area contributed by atoms with Gasteiger partial charge in [-0.25, -0.2) is 0 Å². The number of ether oxygens (including phenoxy) is 1. The minimum absolute atomic E-state index is 0.793. The zero-order valence-corrected chi connectivity index (χ0v) is 13.1. The van der Waals surface area contributed by atoms with E-state index in [1.165, 1.54) is 38.5 Å². The summed E-state index contributed by atoms with van der Waals surface area (Å²) in [5, 5.41) is 2.19. The van der Waals surface area contributed by atoms with Gasteiger partial charge in [-0.1, -0.05) is 69.7 Å². The summed E-state index contributed by atoms with van der Waals surface area (Å²) in [7, 11) is 0. The van der Waals surface area contributed by atoms with E-state index in [0.29, 0.717) is 0 Å². The quantitative estimate of drug-likeness (QED) is 0.484. The monoisotopic (exact) mass is 285 g/mol. The number of fused-ring (bicyclic) bond motifs is 1. The lowest BCUT2D eigenvalue weighted by molar-refractivity contribution is 0.308. The standard InChI is InChI=1S/C19H27NO/c1-2-3-4-5-6-7-10-15-21-19-14-13-18(20)16-11-8-9-12-17(16)19/h8-9,11-14H,2-7,10,15,20H2,1H3. The van der Waals surface area contributed by atoms with Crippen LogP contribution in [0.2, 0.25) is 0 Å². The van der Waals surface area contributed by atoms with Crippen LogP contribution in [0.4, 0.5) is 5.69 Å². The first-order valence-electron chi connectivity index (χ1n) is 8.23. The van der Waals surface area contributed by atoms with Gasteiger partial charge in [0.05, 0.1) is 6.61 Å². The van der Waals surface area contributed by atoms with E-state index in [-0.39, 0.29) is 0 Å². The van der Waals surface area contributed by atoms with Crippen LogP contribution in [0.15, 0.2) is 36.4 Å². The lowest BCUT2D eigenvalue weighted by atomic mass is 10.1. The van der Waals surface area contributed by atoms with Crippen molar-refractivity contribution in [3.63, 3.8) is 0 Å². The Labute approximate surface area is 128 Å². The summed E-state index contributed by atoms with van der Waals surface area (Å²) in [6.45, 7) is 3.05. The van der Waals surface area contributed by atoms with Crippen LogP contribution in [-0.2, 0) is 0 Å². The van der Waals surface area contributed by atoms with Gasteiger partial charge in [0.15, 0.2) is 0 Å². The van der Waals surface area contributed by atoms with E-state index in [9.17, 15) is 0 Å². The highest BCUT2D eigenvalue weighted by Gasteiger charge is 2.04. The Morgan fingerprint density at radius 1 is 0.810 bits per heavy atom. The van der Waals surface area contributed by atoms with E-state index in [0.717, 1.165) is 35.2 Å². The van der Waals surface area contributed by atoms with Crippen LogP contribution in [-0.4, -0.2) is 6.61 Å². The maximum atomic E-state index is 6.00. The topological polar surface area (TPSA) is 35.2 Å². The van der Waals surface area contributed by atoms with Gasteiger partial charge >= 0.3 is 0 Å². The van der Waals surface area contributed by atoms with Gasteiger partial charge in [0, 0.05) is 16.5 Å². The summed E-state index contributed by atoms with van der Waals surface area (Å²) in [5.41, 5.74) is 6.82. The van der Waals surface area contributed by atoms with Gasteiger partial charge in [-0.15, -0.1) is 0 Å². The minimum atomic E-state index is 0.793. The molecule has 0 radical (unpaired) electrons. The molecule has 0 aliphatic heterocycles. The number of anilines is 1. The molecule has 0 saturated carbocycles. The third-order valence-corrected chi connectivity index (χ3v) is 3.92. The number of rotatable bonds is 9. The summed E-state index contributed by atoms with van der Waals surface area (Å²) in [4.78, 5) is 0. The number of nitrogens with two attached hydrogens (primary N) is 1. The number of unbranched alkanes of at least 4 members (excludes halogenated alkanes) is 6. The van der Waals surface area contributed by atoms with Gasteiger partial charge in [-0.3, -0.25) is 0 Å². The molecule has 2 aromatic carbocycles. The van der Waals surface area contributed by atoms with Crippen molar-refractivity contribution in [1.29, 1.82) is 0 Å². The normalized spacial score (nSPS) is 10.9. The van der Waals surface area contributed by atoms with E-state index in [1.54, 1.807) is 0 Å². The molecule has 0 heterocycles. The summed E-state index contributed by atoms with van der Waals surface area (Å²) < 4.78 is 5.95. The van der Waals surface area contributed by atoms with Crippen molar-refractivity contribution < 1.29 is 4.74 Å². The zero-order chi connectivity index (χ0) is 14.9. The van der Waals surface area contributed by atoms with E-state index in [2.05, 4.69) is 13.0 Å². The van der Waals surface area contributed by atoms with Crippen molar-refractivity contribution in [3.05, 3.63) is 36.4 Å². The first kappa shape index (κ1) is 15.7. The highest BCUT2D eigenvalue weighted by Crippen LogP contribution is 2.29. The summed E-state index contributed by atoms with van der Waals surface area (Å²) in [5.74, 6) is 0.950. The second-order valence-electron chi connectivity index (χ2n) is 5.67. The molecule has 0 atom stereocenters. The van der Waals surface area contributed by atoms with Crippen LogP contribution < -0.4 is 10.5 Å². The molecule has 21 heavy (non-hydrogen) atoms. The highest BCUT2D eigenvalue weighted by molar-refractivity contribution is 5.96. The first-order chi connectivity index (χ1) is 10.3. The molecule has 2 rings (SSSR count). The van der Waals surface area contributed by atoms with Gasteiger partial charge in [-0.05, 0) is 18.6 Å². The smallest absolute Gasteiger partial charge is 0.127 e. The Hall–Kier alpha value is -1.70. The molecule has 0 aliphatic carbocycles. The molecule has 0 amide bonds. The predicted octanol–water partition coefficient (Wildman–Crippen LogP) is 5.55. The van der Waals surface area contributed by atoms with Crippen molar-refractivity contribution in [3.8, 4) is 5.75 Å². The number of nitrogen functional groups attached to an aromatic ring is 1. The average molecular weight is 285 g/mol. The van der Waals surface area contributed by atoms with Crippen LogP contribution in [0.25, 0.3) is 10.8 Å². The van der Waals surface area contributed by atoms with Crippen LogP contribution in [0, 0.1) is 0 Å². The van der Waals surface area contributed by atoms with Crippen molar-refractivity contribution in [2.45, 2.75) is 51.9 Å². The Kier molecular flexibility index (Phi) is 6.39. The molecule has 0 fully saturated rings. The van der Waals surface area contributed by atoms with E-state index < -0.39 is 0 Å². The van der Waals surface area contributed by atoms with E-state index in [1.807, 2.05) is 30.3 Å². The van der Waals surface area contributed by atoms with Gasteiger partial charge in [0.2, 0.25) is 0 Å². The Balaban J connectivity index is 1.78. The lowest BCUT2D eigenvalue weighted by Gasteiger charge is -2.10. The Morgan fingerprint density at radius 2 is 1.48 bits per heavy atom. The van der Waals surface area contributed by atoms with Crippen LogP contribution in [0.1, 0.15) is 51.9 Å². The summed E-state index contributed by atoms with van der Waals surface area (Å²) in [6.07, 6.45) is 9.13. The molecule has 114 valence electrons. The van der Waals surface area contributed by atoms with Gasteiger partial charge in [0.1, 0.15) is 5.75 Å². The zero-order valence-electron chi connectivity index (χ0n) is 13.1. The van der Waals surface area contributed by atoms with Crippen molar-refractivity contribution in [1.82, 2.24) is 0 Å². The molecule has 0 unspecified atom stereocenters. The van der Waals surface area contributed by atoms with E-state index >= 15 is 0 Å². The molecule has 2 N–H and O–H groups in total. The predicted molar refractivity (Wildman–Crippen MR) is 91.8 cm³/mol. The minimum Gasteiger partial charge on any atom is -0.493 e. The van der Waals surface area contributed by atoms with Gasteiger partial charge in [0.25, 0.3) is 0 Å². The second-order valence-corrected chi connectivity index (χ2v) is 5.67. The Bertz CT molecular complexity index is 550. The third-order valence-electron chi connectivity index (χ3n) is 3.92.